The van der Waals surface area contributed by atoms with Crippen LogP contribution in [0.25, 0.3) is 0 Å². The van der Waals surface area contributed by atoms with Gasteiger partial charge in [-0.2, -0.15) is 0 Å². The van der Waals surface area contributed by atoms with Gasteiger partial charge in [0.25, 0.3) is 0 Å². The number of rotatable bonds is 13. The molecule has 5 rings (SSSR count). The van der Waals surface area contributed by atoms with Crippen molar-refractivity contribution in [3.8, 4) is 0 Å². The first-order valence-electron chi connectivity index (χ1n) is 15.2. The first-order valence-corrected chi connectivity index (χ1v) is 16.0. The predicted octanol–water partition coefficient (Wildman–Crippen LogP) is 7.04. The topological polar surface area (TPSA) is 141 Å². The largest absolute Gasteiger partial charge is 0.397 e. The molecule has 2 heterocycles. The minimum atomic E-state index is -0.715. The summed E-state index contributed by atoms with van der Waals surface area (Å²) in [4.78, 5) is 29.0. The average Bonchev–Trinajstić information content (AvgIpc) is 3.37. The third-order valence-corrected chi connectivity index (χ3v) is 8.50. The van der Waals surface area contributed by atoms with Crippen molar-refractivity contribution >= 4 is 52.1 Å². The van der Waals surface area contributed by atoms with Crippen molar-refractivity contribution in [2.24, 2.45) is 0 Å². The highest BCUT2D eigenvalue weighted by atomic mass is 35.5. The second-order valence-corrected chi connectivity index (χ2v) is 11.9. The summed E-state index contributed by atoms with van der Waals surface area (Å²) >= 11 is 12.4. The first-order chi connectivity index (χ1) is 22.3. The monoisotopic (exact) mass is 665 g/mol. The smallest absolute Gasteiger partial charge is 0.224 e. The number of aliphatic hydroxyl groups excluding tert-OH is 1. The standard InChI is InChI=1S/C34H37Cl2N5O5/c35-32-33(36)41(21-38-32)19-26-18-29(23-15-13-22(20-42)14-16-23)46-34(45-26)24-7-6-8-25(17-24)39-30(43)11-2-1-3-12-31(44)40-28-10-5-4-9-27(28)37/h4-10,13-17,21,26,29,34,42H,1-3,11-12,18-20,37H2,(H,39,43)(H,40,44)/t26-,29+,34+/m0/s1. The molecule has 1 aromatic heterocycles. The number of imidazole rings is 1. The van der Waals surface area contributed by atoms with E-state index in [9.17, 15) is 14.7 Å². The van der Waals surface area contributed by atoms with Crippen molar-refractivity contribution in [3.05, 3.63) is 106 Å². The van der Waals surface area contributed by atoms with Crippen LogP contribution in [0.15, 0.2) is 79.1 Å². The van der Waals surface area contributed by atoms with E-state index in [0.717, 1.165) is 23.1 Å². The Kier molecular flexibility index (Phi) is 11.7. The number of hydrogen-bond acceptors (Lipinski definition) is 7. The molecular formula is C34H37Cl2N5O5. The molecule has 0 unspecified atom stereocenters. The predicted molar refractivity (Wildman–Crippen MR) is 178 cm³/mol. The molecule has 12 heteroatoms. The van der Waals surface area contributed by atoms with Gasteiger partial charge < -0.3 is 35.5 Å². The van der Waals surface area contributed by atoms with Gasteiger partial charge in [-0.05, 0) is 48.2 Å². The highest BCUT2D eigenvalue weighted by molar-refractivity contribution is 6.40. The number of unbranched alkanes of at least 4 members (excludes halogenated alkanes) is 2. The highest BCUT2D eigenvalue weighted by Gasteiger charge is 2.33. The molecule has 242 valence electrons. The highest BCUT2D eigenvalue weighted by Crippen LogP contribution is 2.39. The van der Waals surface area contributed by atoms with E-state index >= 15 is 0 Å². The van der Waals surface area contributed by atoms with Gasteiger partial charge in [0.15, 0.2) is 11.4 Å². The Morgan fingerprint density at radius 2 is 1.65 bits per heavy atom. The fourth-order valence-corrected chi connectivity index (χ4v) is 5.59. The zero-order valence-corrected chi connectivity index (χ0v) is 26.7. The number of carbonyl (C=O) groups excluding carboxylic acids is 2. The van der Waals surface area contributed by atoms with E-state index in [0.29, 0.717) is 60.9 Å². The van der Waals surface area contributed by atoms with Crippen LogP contribution in [0, 0.1) is 0 Å². The van der Waals surface area contributed by atoms with E-state index in [4.69, 9.17) is 38.4 Å². The number of aromatic nitrogens is 2. The second kappa shape index (κ2) is 16.1. The summed E-state index contributed by atoms with van der Waals surface area (Å²) in [6.07, 6.45) is 3.59. The number of nitrogens with two attached hydrogens (primary N) is 1. The van der Waals surface area contributed by atoms with Crippen molar-refractivity contribution in [1.82, 2.24) is 9.55 Å². The Bertz CT molecular complexity index is 1630. The van der Waals surface area contributed by atoms with Crippen molar-refractivity contribution in [2.45, 2.75) is 70.2 Å². The number of hydrogen-bond donors (Lipinski definition) is 4. The van der Waals surface area contributed by atoms with E-state index in [1.807, 2.05) is 60.7 Å². The number of anilines is 3. The summed E-state index contributed by atoms with van der Waals surface area (Å²) in [7, 11) is 0. The van der Waals surface area contributed by atoms with Gasteiger partial charge in [0.05, 0.1) is 43.1 Å². The molecule has 5 N–H and O–H groups in total. The minimum Gasteiger partial charge on any atom is -0.397 e. The third kappa shape index (κ3) is 9.08. The van der Waals surface area contributed by atoms with Gasteiger partial charge in [-0.25, -0.2) is 4.98 Å². The molecule has 0 spiro atoms. The van der Waals surface area contributed by atoms with Crippen LogP contribution in [0.2, 0.25) is 10.3 Å². The van der Waals surface area contributed by atoms with E-state index in [1.54, 1.807) is 23.0 Å². The number of nitrogens with one attached hydrogen (secondary N) is 2. The normalized spacial score (nSPS) is 17.8. The number of benzene rings is 3. The van der Waals surface area contributed by atoms with Crippen molar-refractivity contribution in [3.63, 3.8) is 0 Å². The van der Waals surface area contributed by atoms with Gasteiger partial charge in [0.1, 0.15) is 5.15 Å². The fourth-order valence-electron chi connectivity index (χ4n) is 5.28. The molecule has 1 fully saturated rings. The zero-order chi connectivity index (χ0) is 32.5. The lowest BCUT2D eigenvalue weighted by atomic mass is 10.00. The summed E-state index contributed by atoms with van der Waals surface area (Å²) < 4.78 is 14.6. The van der Waals surface area contributed by atoms with Crippen LogP contribution < -0.4 is 16.4 Å². The Labute approximate surface area is 277 Å². The lowest BCUT2D eigenvalue weighted by Crippen LogP contribution is -2.32. The maximum atomic E-state index is 12.7. The van der Waals surface area contributed by atoms with Crippen molar-refractivity contribution in [2.75, 3.05) is 16.4 Å². The van der Waals surface area contributed by atoms with E-state index in [1.165, 1.54) is 0 Å². The summed E-state index contributed by atoms with van der Waals surface area (Å²) in [6.45, 7) is 0.377. The molecule has 10 nitrogen and oxygen atoms in total. The summed E-state index contributed by atoms with van der Waals surface area (Å²) in [6, 6.07) is 22.2. The molecule has 0 bridgehead atoms. The number of aliphatic hydroxyl groups is 1. The molecular weight excluding hydrogens is 629 g/mol. The van der Waals surface area contributed by atoms with E-state index in [2.05, 4.69) is 15.6 Å². The van der Waals surface area contributed by atoms with Crippen LogP contribution in [0.3, 0.4) is 0 Å². The quantitative estimate of drug-likeness (QED) is 0.0887. The maximum absolute atomic E-state index is 12.7. The zero-order valence-electron chi connectivity index (χ0n) is 25.2. The van der Waals surface area contributed by atoms with Crippen LogP contribution in [0.1, 0.15) is 67.6 Å². The Balaban J connectivity index is 1.16. The van der Waals surface area contributed by atoms with Crippen molar-refractivity contribution < 1.29 is 24.2 Å². The molecule has 1 aliphatic rings. The van der Waals surface area contributed by atoms with Crippen LogP contribution in [-0.4, -0.2) is 32.6 Å². The summed E-state index contributed by atoms with van der Waals surface area (Å²) in [5.41, 5.74) is 10.2. The lowest BCUT2D eigenvalue weighted by molar-refractivity contribution is -0.252. The number of halogens is 2. The third-order valence-electron chi connectivity index (χ3n) is 7.73. The van der Waals surface area contributed by atoms with Gasteiger partial charge in [-0.3, -0.25) is 9.59 Å². The Morgan fingerprint density at radius 3 is 2.35 bits per heavy atom. The van der Waals surface area contributed by atoms with Gasteiger partial charge in [-0.15, -0.1) is 0 Å². The van der Waals surface area contributed by atoms with Crippen LogP contribution in [-0.2, 0) is 32.2 Å². The molecule has 0 radical (unpaired) electrons. The van der Waals surface area contributed by atoms with Crippen LogP contribution in [0.5, 0.6) is 0 Å². The molecule has 3 aromatic carbocycles. The van der Waals surface area contributed by atoms with Gasteiger partial charge in [0.2, 0.25) is 11.8 Å². The number of nitrogens with zero attached hydrogens (tertiary/aromatic N) is 2. The van der Waals surface area contributed by atoms with Gasteiger partial charge in [0, 0.05) is 30.5 Å². The van der Waals surface area contributed by atoms with E-state index in [-0.39, 0.29) is 35.8 Å². The Hall–Kier alpha value is -3.93. The maximum Gasteiger partial charge on any atom is 0.224 e. The lowest BCUT2D eigenvalue weighted by Gasteiger charge is -2.36. The number of carbonyl (C=O) groups is 2. The average molecular weight is 667 g/mol. The molecule has 1 aliphatic heterocycles. The molecule has 0 saturated carbocycles. The molecule has 2 amide bonds. The van der Waals surface area contributed by atoms with Crippen LogP contribution >= 0.6 is 23.2 Å². The minimum absolute atomic E-state index is 0.0413. The number of ether oxygens (including phenoxy) is 2. The van der Waals surface area contributed by atoms with E-state index < -0.39 is 6.29 Å². The SMILES string of the molecule is Nc1ccccc1NC(=O)CCCCCC(=O)Nc1cccc([C@@H]2O[C@H](Cn3cnc(Cl)c3Cl)C[C@H](c3ccc(CO)cc3)O2)c1. The summed E-state index contributed by atoms with van der Waals surface area (Å²) in [5.74, 6) is -0.217. The molecule has 0 aliphatic carbocycles. The molecule has 3 atom stereocenters. The number of amides is 2. The number of nitrogen functional groups attached to an aromatic ring is 1. The molecule has 4 aromatic rings. The fraction of sp³-hybridized carbons (Fsp3) is 0.324. The van der Waals surface area contributed by atoms with Crippen molar-refractivity contribution in [1.29, 1.82) is 0 Å². The second-order valence-electron chi connectivity index (χ2n) is 11.2. The Morgan fingerprint density at radius 1 is 0.913 bits per heavy atom. The van der Waals surface area contributed by atoms with Gasteiger partial charge >= 0.3 is 0 Å². The van der Waals surface area contributed by atoms with Crippen LogP contribution in [0.4, 0.5) is 17.1 Å². The molecule has 46 heavy (non-hydrogen) atoms. The molecule has 1 saturated heterocycles. The number of para-hydroxylation sites is 2. The van der Waals surface area contributed by atoms with Gasteiger partial charge in [-0.1, -0.05) is 78.2 Å². The summed E-state index contributed by atoms with van der Waals surface area (Å²) in [5, 5.41) is 15.8. The first kappa shape index (κ1) is 33.4.